The molecule has 1 aromatic rings. The van der Waals surface area contributed by atoms with Crippen molar-refractivity contribution in [1.29, 1.82) is 0 Å². The number of nitrogens with one attached hydrogen (secondary N) is 2. The third kappa shape index (κ3) is 6.22. The third-order valence-corrected chi connectivity index (χ3v) is 4.97. The van der Waals surface area contributed by atoms with Gasteiger partial charge in [0.05, 0.1) is 0 Å². The highest BCUT2D eigenvalue weighted by molar-refractivity contribution is 5.97. The molecule has 0 spiro atoms. The largest absolute Gasteiger partial charge is 0.351 e. The zero-order valence-corrected chi connectivity index (χ0v) is 16.8. The van der Waals surface area contributed by atoms with Gasteiger partial charge >= 0.3 is 0 Å². The molecule has 0 aliphatic carbocycles. The summed E-state index contributed by atoms with van der Waals surface area (Å²) in [5.41, 5.74) is 0.522. The van der Waals surface area contributed by atoms with Crippen molar-refractivity contribution < 1.29 is 14.4 Å². The van der Waals surface area contributed by atoms with Gasteiger partial charge in [-0.2, -0.15) is 0 Å². The van der Waals surface area contributed by atoms with Crippen LogP contribution in [0.5, 0.6) is 0 Å². The van der Waals surface area contributed by atoms with Gasteiger partial charge in [0.1, 0.15) is 6.04 Å². The molecule has 6 nitrogen and oxygen atoms in total. The highest BCUT2D eigenvalue weighted by Crippen LogP contribution is 2.22. The molecule has 0 unspecified atom stereocenters. The first kappa shape index (κ1) is 21.7. The number of amides is 3. The summed E-state index contributed by atoms with van der Waals surface area (Å²) in [6, 6.07) is 8.24. The van der Waals surface area contributed by atoms with E-state index in [0.717, 1.165) is 0 Å². The first-order valence-corrected chi connectivity index (χ1v) is 9.94. The van der Waals surface area contributed by atoms with Crippen LogP contribution in [0, 0.1) is 11.8 Å². The fourth-order valence-corrected chi connectivity index (χ4v) is 3.45. The quantitative estimate of drug-likeness (QED) is 0.675. The Morgan fingerprint density at radius 3 is 2.39 bits per heavy atom. The van der Waals surface area contributed by atoms with E-state index in [0.29, 0.717) is 50.4 Å². The van der Waals surface area contributed by atoms with Crippen molar-refractivity contribution in [2.45, 2.75) is 39.2 Å². The van der Waals surface area contributed by atoms with Gasteiger partial charge < -0.3 is 15.5 Å². The van der Waals surface area contributed by atoms with Gasteiger partial charge in [-0.1, -0.05) is 38.1 Å². The highest BCUT2D eigenvalue weighted by Gasteiger charge is 2.33. The lowest BCUT2D eigenvalue weighted by molar-refractivity contribution is -0.133. The maximum Gasteiger partial charge on any atom is 0.251 e. The summed E-state index contributed by atoms with van der Waals surface area (Å²) in [4.78, 5) is 39.4. The van der Waals surface area contributed by atoms with E-state index in [9.17, 15) is 14.4 Å². The summed E-state index contributed by atoms with van der Waals surface area (Å²) >= 11 is 0. The van der Waals surface area contributed by atoms with Crippen LogP contribution in [-0.4, -0.2) is 48.3 Å². The molecule has 6 heteroatoms. The van der Waals surface area contributed by atoms with E-state index in [4.69, 9.17) is 0 Å². The normalized spacial score (nSPS) is 15.8. The van der Waals surface area contributed by atoms with Crippen molar-refractivity contribution in [2.75, 3.05) is 19.6 Å². The molecule has 1 aliphatic heterocycles. The van der Waals surface area contributed by atoms with E-state index >= 15 is 0 Å². The number of benzene rings is 1. The van der Waals surface area contributed by atoms with Crippen molar-refractivity contribution in [3.05, 3.63) is 48.6 Å². The molecule has 1 atom stereocenters. The lowest BCUT2D eigenvalue weighted by atomic mass is 9.88. The number of likely N-dealkylation sites (tertiary alicyclic amines) is 1. The number of piperidine rings is 1. The minimum Gasteiger partial charge on any atom is -0.351 e. The third-order valence-electron chi connectivity index (χ3n) is 4.97. The molecule has 1 saturated heterocycles. The highest BCUT2D eigenvalue weighted by atomic mass is 16.2. The van der Waals surface area contributed by atoms with Gasteiger partial charge in [0.2, 0.25) is 11.8 Å². The molecule has 3 amide bonds. The topological polar surface area (TPSA) is 78.5 Å². The summed E-state index contributed by atoms with van der Waals surface area (Å²) in [5, 5.41) is 5.69. The predicted molar refractivity (Wildman–Crippen MR) is 110 cm³/mol. The number of rotatable bonds is 8. The molecule has 2 N–H and O–H groups in total. The van der Waals surface area contributed by atoms with Crippen LogP contribution in [0.15, 0.2) is 43.0 Å². The fraction of sp³-hybridized carbons (Fsp3) is 0.500. The van der Waals surface area contributed by atoms with Crippen molar-refractivity contribution in [1.82, 2.24) is 15.5 Å². The fourth-order valence-electron chi connectivity index (χ4n) is 3.45. The standard InChI is InChI=1S/C22H31N3O3/c1-4-12-23-22(28)20(24-21(27)18-8-6-5-7-9-18)17-10-13-25(14-11-17)19(26)15-16(2)3/h4-9,16-17,20H,1,10-15H2,2-3H3,(H,23,28)(H,24,27)/t20-/m0/s1. The molecule has 1 aromatic carbocycles. The molecule has 152 valence electrons. The summed E-state index contributed by atoms with van der Waals surface area (Å²) in [6.45, 7) is 9.26. The van der Waals surface area contributed by atoms with Crippen LogP contribution in [0.3, 0.4) is 0 Å². The molecule has 0 bridgehead atoms. The Morgan fingerprint density at radius 1 is 1.18 bits per heavy atom. The number of nitrogens with zero attached hydrogens (tertiary/aromatic N) is 1. The van der Waals surface area contributed by atoms with Crippen LogP contribution in [0.4, 0.5) is 0 Å². The number of hydrogen-bond acceptors (Lipinski definition) is 3. The first-order valence-electron chi connectivity index (χ1n) is 9.94. The van der Waals surface area contributed by atoms with Gasteiger partial charge in [0, 0.05) is 31.6 Å². The molecule has 0 radical (unpaired) electrons. The maximum atomic E-state index is 12.7. The van der Waals surface area contributed by atoms with E-state index < -0.39 is 6.04 Å². The molecule has 28 heavy (non-hydrogen) atoms. The minimum absolute atomic E-state index is 0.0134. The molecule has 0 saturated carbocycles. The molecular formula is C22H31N3O3. The lowest BCUT2D eigenvalue weighted by Gasteiger charge is -2.36. The average molecular weight is 386 g/mol. The Morgan fingerprint density at radius 2 is 1.82 bits per heavy atom. The van der Waals surface area contributed by atoms with Crippen molar-refractivity contribution in [3.63, 3.8) is 0 Å². The van der Waals surface area contributed by atoms with Gasteiger partial charge in [0.15, 0.2) is 0 Å². The molecule has 1 fully saturated rings. The molecule has 0 aromatic heterocycles. The summed E-state index contributed by atoms with van der Waals surface area (Å²) in [5.74, 6) is -0.00312. The van der Waals surface area contributed by atoms with Crippen LogP contribution in [0.2, 0.25) is 0 Å². The summed E-state index contributed by atoms with van der Waals surface area (Å²) in [7, 11) is 0. The zero-order valence-electron chi connectivity index (χ0n) is 16.8. The van der Waals surface area contributed by atoms with Crippen LogP contribution in [-0.2, 0) is 9.59 Å². The zero-order chi connectivity index (χ0) is 20.5. The van der Waals surface area contributed by atoms with Crippen LogP contribution in [0.25, 0.3) is 0 Å². The second kappa shape index (κ2) is 10.6. The Labute approximate surface area is 167 Å². The van der Waals surface area contributed by atoms with Gasteiger partial charge in [-0.3, -0.25) is 14.4 Å². The summed E-state index contributed by atoms with van der Waals surface area (Å²) < 4.78 is 0. The Bertz CT molecular complexity index is 680. The van der Waals surface area contributed by atoms with Gasteiger partial charge in [-0.15, -0.1) is 6.58 Å². The first-order chi connectivity index (χ1) is 13.4. The van der Waals surface area contributed by atoms with Crippen molar-refractivity contribution >= 4 is 17.7 Å². The van der Waals surface area contributed by atoms with Gasteiger partial charge in [0.25, 0.3) is 5.91 Å². The Balaban J connectivity index is 2.03. The van der Waals surface area contributed by atoms with Crippen LogP contribution < -0.4 is 10.6 Å². The van der Waals surface area contributed by atoms with Gasteiger partial charge in [-0.25, -0.2) is 0 Å². The van der Waals surface area contributed by atoms with Crippen molar-refractivity contribution in [2.24, 2.45) is 11.8 Å². The van der Waals surface area contributed by atoms with E-state index in [1.54, 1.807) is 30.3 Å². The van der Waals surface area contributed by atoms with Crippen LogP contribution in [0.1, 0.15) is 43.5 Å². The Hall–Kier alpha value is -2.63. The maximum absolute atomic E-state index is 12.7. The number of hydrogen-bond donors (Lipinski definition) is 2. The van der Waals surface area contributed by atoms with E-state index in [-0.39, 0.29) is 23.6 Å². The average Bonchev–Trinajstić information content (AvgIpc) is 2.70. The second-order valence-electron chi connectivity index (χ2n) is 7.67. The van der Waals surface area contributed by atoms with Crippen LogP contribution >= 0.6 is 0 Å². The van der Waals surface area contributed by atoms with Gasteiger partial charge in [-0.05, 0) is 36.8 Å². The predicted octanol–water partition coefficient (Wildman–Crippen LogP) is 2.37. The summed E-state index contributed by atoms with van der Waals surface area (Å²) in [6.07, 6.45) is 3.52. The minimum atomic E-state index is -0.630. The van der Waals surface area contributed by atoms with E-state index in [1.165, 1.54) is 0 Å². The molecular weight excluding hydrogens is 354 g/mol. The molecule has 1 aliphatic rings. The molecule has 1 heterocycles. The lowest BCUT2D eigenvalue weighted by Crippen LogP contribution is -2.53. The monoisotopic (exact) mass is 385 g/mol. The smallest absolute Gasteiger partial charge is 0.251 e. The van der Waals surface area contributed by atoms with E-state index in [1.807, 2.05) is 24.8 Å². The van der Waals surface area contributed by atoms with E-state index in [2.05, 4.69) is 17.2 Å². The second-order valence-corrected chi connectivity index (χ2v) is 7.67. The molecule has 2 rings (SSSR count). The Kier molecular flexibility index (Phi) is 8.23. The SMILES string of the molecule is C=CCNC(=O)[C@@H](NC(=O)c1ccccc1)C1CCN(C(=O)CC(C)C)CC1. The van der Waals surface area contributed by atoms with Crippen molar-refractivity contribution in [3.8, 4) is 0 Å². The number of carbonyl (C=O) groups is 3. The number of carbonyl (C=O) groups excluding carboxylic acids is 3.